The largest absolute Gasteiger partial charge is 0.504 e. The fourth-order valence-electron chi connectivity index (χ4n) is 8.90. The first-order chi connectivity index (χ1) is 16.4. The summed E-state index contributed by atoms with van der Waals surface area (Å²) in [7, 11) is 0. The van der Waals surface area contributed by atoms with Gasteiger partial charge in [0, 0.05) is 23.8 Å². The van der Waals surface area contributed by atoms with Crippen LogP contribution in [-0.4, -0.2) is 38.0 Å². The first-order valence-electron chi connectivity index (χ1n) is 12.7. The number of carbonyl (C=O) groups excluding carboxylic acids is 2. The zero-order valence-electron chi connectivity index (χ0n) is 20.5. The number of carboxylic acid groups (broad SMARTS) is 1. The van der Waals surface area contributed by atoms with Gasteiger partial charge in [-0.1, -0.05) is 19.4 Å². The fourth-order valence-corrected chi connectivity index (χ4v) is 8.90. The van der Waals surface area contributed by atoms with Crippen molar-refractivity contribution in [1.82, 2.24) is 0 Å². The number of rotatable bonds is 3. The molecule has 188 valence electrons. The Kier molecular flexibility index (Phi) is 5.35. The van der Waals surface area contributed by atoms with Crippen LogP contribution in [0.4, 0.5) is 0 Å². The van der Waals surface area contributed by atoms with Crippen LogP contribution < -0.4 is 0 Å². The first kappa shape index (κ1) is 23.9. The van der Waals surface area contributed by atoms with Crippen LogP contribution in [-0.2, 0) is 9.59 Å². The van der Waals surface area contributed by atoms with Crippen LogP contribution in [0.25, 0.3) is 0 Å². The molecule has 1 unspecified atom stereocenters. The van der Waals surface area contributed by atoms with Crippen molar-refractivity contribution >= 4 is 17.5 Å². The number of phenolic OH excluding ortho intramolecular Hbond substituents is 3. The molecule has 1 aromatic rings. The van der Waals surface area contributed by atoms with Gasteiger partial charge in [0.05, 0.1) is 5.56 Å². The Morgan fingerprint density at radius 1 is 1.00 bits per heavy atom. The highest BCUT2D eigenvalue weighted by molar-refractivity contribution is 5.95. The molecule has 4 N–H and O–H groups in total. The normalized spacial score (nSPS) is 38.2. The highest BCUT2D eigenvalue weighted by atomic mass is 16.4. The molecule has 0 saturated heterocycles. The van der Waals surface area contributed by atoms with E-state index in [-0.39, 0.29) is 46.4 Å². The molecule has 1 aromatic carbocycles. The molecule has 0 aliphatic heterocycles. The van der Waals surface area contributed by atoms with Crippen LogP contribution in [0.1, 0.15) is 87.6 Å². The summed E-state index contributed by atoms with van der Waals surface area (Å²) in [6.07, 6.45) is 7.02. The smallest absolute Gasteiger partial charge is 0.336 e. The zero-order chi connectivity index (χ0) is 25.4. The summed E-state index contributed by atoms with van der Waals surface area (Å²) in [5.41, 5.74) is 0.0791. The topological polar surface area (TPSA) is 132 Å². The van der Waals surface area contributed by atoms with Crippen LogP contribution >= 0.6 is 0 Å². The molecule has 7 heteroatoms. The van der Waals surface area contributed by atoms with E-state index in [4.69, 9.17) is 0 Å². The van der Waals surface area contributed by atoms with Gasteiger partial charge in [0.1, 0.15) is 5.78 Å². The van der Waals surface area contributed by atoms with Crippen molar-refractivity contribution in [3.05, 3.63) is 28.8 Å². The average molecular weight is 483 g/mol. The molecule has 35 heavy (non-hydrogen) atoms. The Balaban J connectivity index is 1.65. The summed E-state index contributed by atoms with van der Waals surface area (Å²) >= 11 is 0. The zero-order valence-corrected chi connectivity index (χ0v) is 20.5. The molecule has 0 radical (unpaired) electrons. The lowest BCUT2D eigenvalue weighted by Crippen LogP contribution is -2.53. The van der Waals surface area contributed by atoms with Crippen molar-refractivity contribution in [3.63, 3.8) is 0 Å². The van der Waals surface area contributed by atoms with E-state index in [9.17, 15) is 34.8 Å². The van der Waals surface area contributed by atoms with Crippen molar-refractivity contribution in [2.24, 2.45) is 34.5 Å². The fraction of sp³-hybridized carbons (Fsp3) is 0.607. The predicted octanol–water partition coefficient (Wildman–Crippen LogP) is 4.93. The minimum absolute atomic E-state index is 0.0243. The third-order valence-electron chi connectivity index (χ3n) is 10.5. The van der Waals surface area contributed by atoms with Gasteiger partial charge >= 0.3 is 5.97 Å². The number of hydrogen-bond donors (Lipinski definition) is 4. The molecule has 0 bridgehead atoms. The second-order valence-electron chi connectivity index (χ2n) is 11.7. The van der Waals surface area contributed by atoms with Crippen LogP contribution in [0.5, 0.6) is 17.2 Å². The summed E-state index contributed by atoms with van der Waals surface area (Å²) in [6.45, 7) is 6.04. The number of carboxylic acids is 1. The van der Waals surface area contributed by atoms with Crippen LogP contribution in [0.15, 0.2) is 17.7 Å². The van der Waals surface area contributed by atoms with Crippen molar-refractivity contribution < 1.29 is 34.8 Å². The first-order valence-corrected chi connectivity index (χ1v) is 12.7. The number of allylic oxidation sites excluding steroid dienone is 1. The molecule has 3 fully saturated rings. The Bertz CT molecular complexity index is 1170. The average Bonchev–Trinajstić information content (AvgIpc) is 3.15. The lowest BCUT2D eigenvalue weighted by Gasteiger charge is -2.60. The van der Waals surface area contributed by atoms with E-state index in [0.717, 1.165) is 43.7 Å². The van der Waals surface area contributed by atoms with E-state index in [1.165, 1.54) is 0 Å². The maximum Gasteiger partial charge on any atom is 0.336 e. The lowest BCUT2D eigenvalue weighted by molar-refractivity contribution is -0.129. The number of fused-ring (bicyclic) bond motifs is 5. The van der Waals surface area contributed by atoms with Crippen LogP contribution in [0.2, 0.25) is 0 Å². The van der Waals surface area contributed by atoms with E-state index in [2.05, 4.69) is 13.8 Å². The van der Waals surface area contributed by atoms with Crippen molar-refractivity contribution in [1.29, 1.82) is 0 Å². The molecule has 7 nitrogen and oxygen atoms in total. The van der Waals surface area contributed by atoms with E-state index >= 15 is 0 Å². The Labute approximate surface area is 204 Å². The highest BCUT2D eigenvalue weighted by Gasteiger charge is 2.62. The third-order valence-corrected chi connectivity index (χ3v) is 10.5. The number of ketones is 2. The van der Waals surface area contributed by atoms with E-state index in [0.29, 0.717) is 18.3 Å². The maximum atomic E-state index is 12.8. The van der Waals surface area contributed by atoms with Gasteiger partial charge in [-0.2, -0.15) is 0 Å². The summed E-state index contributed by atoms with van der Waals surface area (Å²) in [5.74, 6) is -3.04. The van der Waals surface area contributed by atoms with Gasteiger partial charge in [-0.25, -0.2) is 4.79 Å². The number of hydrogen-bond acceptors (Lipinski definition) is 6. The molecule has 0 spiro atoms. The molecule has 5 rings (SSSR count). The predicted molar refractivity (Wildman–Crippen MR) is 127 cm³/mol. The van der Waals surface area contributed by atoms with E-state index in [1.807, 2.05) is 0 Å². The van der Waals surface area contributed by atoms with Gasteiger partial charge < -0.3 is 20.4 Å². The van der Waals surface area contributed by atoms with E-state index < -0.39 is 34.6 Å². The number of benzene rings is 1. The highest BCUT2D eigenvalue weighted by Crippen LogP contribution is 2.69. The van der Waals surface area contributed by atoms with Gasteiger partial charge in [0.15, 0.2) is 17.3 Å². The summed E-state index contributed by atoms with van der Waals surface area (Å²) in [6, 6.07) is 0.964. The van der Waals surface area contributed by atoms with Crippen LogP contribution in [0, 0.1) is 34.5 Å². The van der Waals surface area contributed by atoms with Gasteiger partial charge in [-0.15, -0.1) is 0 Å². The van der Waals surface area contributed by atoms with Gasteiger partial charge in [0.2, 0.25) is 5.75 Å². The molecule has 0 amide bonds. The minimum Gasteiger partial charge on any atom is -0.504 e. The lowest BCUT2D eigenvalue weighted by atomic mass is 9.44. The number of carbonyl (C=O) groups is 3. The number of Topliss-reactive ketones (excluding diaryl/α,β-unsaturated/α-hetero) is 1. The Morgan fingerprint density at radius 2 is 1.71 bits per heavy atom. The molecular weight excluding hydrogens is 448 g/mol. The molecule has 0 heterocycles. The van der Waals surface area contributed by atoms with Crippen LogP contribution in [0.3, 0.4) is 0 Å². The third kappa shape index (κ3) is 3.19. The number of aromatic carboxylic acids is 1. The van der Waals surface area contributed by atoms with E-state index in [1.54, 1.807) is 13.0 Å². The Morgan fingerprint density at radius 3 is 2.37 bits per heavy atom. The van der Waals surface area contributed by atoms with Gasteiger partial charge in [-0.3, -0.25) is 9.59 Å². The van der Waals surface area contributed by atoms with Gasteiger partial charge in [-0.05, 0) is 86.2 Å². The van der Waals surface area contributed by atoms with Crippen molar-refractivity contribution in [3.8, 4) is 17.2 Å². The molecule has 4 aliphatic rings. The maximum absolute atomic E-state index is 12.8. The molecule has 0 aromatic heterocycles. The monoisotopic (exact) mass is 482 g/mol. The molecule has 3 saturated carbocycles. The second-order valence-corrected chi connectivity index (χ2v) is 11.7. The van der Waals surface area contributed by atoms with Gasteiger partial charge in [0.25, 0.3) is 0 Å². The minimum atomic E-state index is -1.33. The number of aromatic hydroxyl groups is 3. The molecule has 4 aliphatic carbocycles. The summed E-state index contributed by atoms with van der Waals surface area (Å²) < 4.78 is 0. The Hall–Kier alpha value is -2.83. The SMILES string of the molecule is CC(=O)[C@H]1CC[C@H]2[C@@H]3CCC4=CC(=O)CC(c5c(C(=O)O)cc(O)c(O)c5O)[C@@]4(C)[C@H]3CC[C@]12C. The summed E-state index contributed by atoms with van der Waals surface area (Å²) in [4.78, 5) is 37.5. The second kappa shape index (κ2) is 7.84. The standard InChI is InChI=1S/C28H34O7/c1-13(29)18-6-7-19-16-5-4-14-10-15(30)11-21(28(14,3)20(16)8-9-27(18,19)2)23-17(26(34)35)12-22(31)24(32)25(23)33/h10,12,16,18-21,31-33H,4-9,11H2,1-3H3,(H,34,35)/t16-,18+,19-,20-,21?,27+,28+/m0/s1. The van der Waals surface area contributed by atoms with Crippen molar-refractivity contribution in [2.45, 2.75) is 71.6 Å². The molecular formula is C28H34O7. The van der Waals surface area contributed by atoms with Crippen molar-refractivity contribution in [2.75, 3.05) is 0 Å². The quantitative estimate of drug-likeness (QED) is 0.449. The number of phenols is 3. The molecule has 7 atom stereocenters. The summed E-state index contributed by atoms with van der Waals surface area (Å²) in [5, 5.41) is 41.1.